The van der Waals surface area contributed by atoms with Crippen molar-refractivity contribution in [3.05, 3.63) is 47.9 Å². The highest BCUT2D eigenvalue weighted by Gasteiger charge is 2.13. The number of hydrogen-bond acceptors (Lipinski definition) is 6. The predicted octanol–water partition coefficient (Wildman–Crippen LogP) is 2.74. The van der Waals surface area contributed by atoms with E-state index in [2.05, 4.69) is 20.3 Å². The number of aromatic nitrogens is 4. The Bertz CT molecular complexity index is 807. The molecule has 0 atom stereocenters. The highest BCUT2D eigenvalue weighted by Crippen LogP contribution is 2.26. The SMILES string of the molecule is COc1ccc(-n2c(O)cnc2Nc2nc(C)cc(C)n2)cc1. The Morgan fingerprint density at radius 2 is 1.74 bits per heavy atom. The zero-order valence-electron chi connectivity index (χ0n) is 13.1. The van der Waals surface area contributed by atoms with Crippen LogP contribution in [0.25, 0.3) is 5.69 Å². The van der Waals surface area contributed by atoms with Crippen molar-refractivity contribution in [2.24, 2.45) is 0 Å². The van der Waals surface area contributed by atoms with Gasteiger partial charge in [0.2, 0.25) is 17.8 Å². The number of benzene rings is 1. The Hall–Kier alpha value is -3.09. The minimum absolute atomic E-state index is 0.0158. The minimum atomic E-state index is 0.0158. The summed E-state index contributed by atoms with van der Waals surface area (Å²) in [6.45, 7) is 3.79. The number of aryl methyl sites for hydroxylation is 2. The van der Waals surface area contributed by atoms with E-state index in [0.717, 1.165) is 22.8 Å². The molecule has 0 spiro atoms. The number of ether oxygens (including phenoxy) is 1. The maximum atomic E-state index is 10.1. The molecule has 7 nitrogen and oxygen atoms in total. The Morgan fingerprint density at radius 3 is 2.35 bits per heavy atom. The number of aromatic hydroxyl groups is 1. The highest BCUT2D eigenvalue weighted by atomic mass is 16.5. The molecule has 0 bridgehead atoms. The quantitative estimate of drug-likeness (QED) is 0.770. The standard InChI is InChI=1S/C16H17N5O2/c1-10-8-11(2)19-15(18-10)20-16-17-9-14(22)21(16)12-4-6-13(23-3)7-5-12/h4-9,22H,1-3H3,(H,17,18,19,20). The molecular formula is C16H17N5O2. The van der Waals surface area contributed by atoms with Crippen molar-refractivity contribution in [1.29, 1.82) is 0 Å². The summed E-state index contributed by atoms with van der Waals surface area (Å²) in [6, 6.07) is 9.16. The average molecular weight is 311 g/mol. The van der Waals surface area contributed by atoms with Crippen molar-refractivity contribution >= 4 is 11.9 Å². The van der Waals surface area contributed by atoms with Gasteiger partial charge < -0.3 is 9.84 Å². The first-order valence-electron chi connectivity index (χ1n) is 7.07. The molecule has 0 aliphatic heterocycles. The Balaban J connectivity index is 1.97. The third-order valence-corrected chi connectivity index (χ3v) is 3.28. The van der Waals surface area contributed by atoms with E-state index in [9.17, 15) is 5.11 Å². The molecule has 7 heteroatoms. The molecule has 0 fully saturated rings. The van der Waals surface area contributed by atoms with E-state index in [0.29, 0.717) is 11.9 Å². The van der Waals surface area contributed by atoms with E-state index in [-0.39, 0.29) is 5.88 Å². The van der Waals surface area contributed by atoms with Gasteiger partial charge in [0.1, 0.15) is 5.75 Å². The Labute approximate surface area is 133 Å². The van der Waals surface area contributed by atoms with Gasteiger partial charge in [-0.3, -0.25) is 5.32 Å². The van der Waals surface area contributed by atoms with Gasteiger partial charge >= 0.3 is 0 Å². The molecule has 23 heavy (non-hydrogen) atoms. The second-order valence-electron chi connectivity index (χ2n) is 5.07. The lowest BCUT2D eigenvalue weighted by atomic mass is 10.3. The summed E-state index contributed by atoms with van der Waals surface area (Å²) in [7, 11) is 1.61. The molecule has 0 aliphatic rings. The summed E-state index contributed by atoms with van der Waals surface area (Å²) >= 11 is 0. The first-order valence-corrected chi connectivity index (χ1v) is 7.07. The molecule has 3 rings (SSSR count). The normalized spacial score (nSPS) is 10.6. The van der Waals surface area contributed by atoms with Crippen molar-refractivity contribution in [1.82, 2.24) is 19.5 Å². The molecule has 2 N–H and O–H groups in total. The van der Waals surface area contributed by atoms with E-state index in [1.165, 1.54) is 6.20 Å². The number of anilines is 2. The summed E-state index contributed by atoms with van der Waals surface area (Å²) in [6.07, 6.45) is 1.37. The van der Waals surface area contributed by atoms with Gasteiger partial charge in [0.25, 0.3) is 0 Å². The number of imidazole rings is 1. The third-order valence-electron chi connectivity index (χ3n) is 3.28. The van der Waals surface area contributed by atoms with Gasteiger partial charge in [-0.2, -0.15) is 0 Å². The predicted molar refractivity (Wildman–Crippen MR) is 86.6 cm³/mol. The number of nitrogens with one attached hydrogen (secondary N) is 1. The summed E-state index contributed by atoms with van der Waals surface area (Å²) in [4.78, 5) is 12.8. The summed E-state index contributed by atoms with van der Waals surface area (Å²) < 4.78 is 6.72. The second-order valence-corrected chi connectivity index (χ2v) is 5.07. The number of nitrogens with zero attached hydrogens (tertiary/aromatic N) is 4. The monoisotopic (exact) mass is 311 g/mol. The maximum absolute atomic E-state index is 10.1. The Kier molecular flexibility index (Phi) is 3.84. The molecule has 118 valence electrons. The summed E-state index contributed by atoms with van der Waals surface area (Å²) in [5.41, 5.74) is 2.45. The minimum Gasteiger partial charge on any atom is -0.497 e. The summed E-state index contributed by atoms with van der Waals surface area (Å²) in [5, 5.41) is 13.1. The molecule has 0 saturated carbocycles. The van der Waals surface area contributed by atoms with Crippen LogP contribution in [0, 0.1) is 13.8 Å². The fourth-order valence-corrected chi connectivity index (χ4v) is 2.30. The van der Waals surface area contributed by atoms with Gasteiger partial charge in [-0.25, -0.2) is 19.5 Å². The number of hydrogen-bond donors (Lipinski definition) is 2. The van der Waals surface area contributed by atoms with Gasteiger partial charge in [0.15, 0.2) is 0 Å². The van der Waals surface area contributed by atoms with Crippen LogP contribution in [0.4, 0.5) is 11.9 Å². The Morgan fingerprint density at radius 1 is 1.09 bits per heavy atom. The van der Waals surface area contributed by atoms with Gasteiger partial charge in [0.05, 0.1) is 19.0 Å². The van der Waals surface area contributed by atoms with Gasteiger partial charge in [0, 0.05) is 11.4 Å². The van der Waals surface area contributed by atoms with E-state index in [4.69, 9.17) is 4.74 Å². The van der Waals surface area contributed by atoms with E-state index >= 15 is 0 Å². The first kappa shape index (κ1) is 14.8. The largest absolute Gasteiger partial charge is 0.497 e. The smallest absolute Gasteiger partial charge is 0.229 e. The van der Waals surface area contributed by atoms with Crippen LogP contribution in [0.2, 0.25) is 0 Å². The van der Waals surface area contributed by atoms with Crippen molar-refractivity contribution in [3.8, 4) is 17.3 Å². The first-order chi connectivity index (χ1) is 11.1. The van der Waals surface area contributed by atoms with Crippen LogP contribution < -0.4 is 10.1 Å². The van der Waals surface area contributed by atoms with Gasteiger partial charge in [-0.15, -0.1) is 0 Å². The van der Waals surface area contributed by atoms with Gasteiger partial charge in [-0.05, 0) is 44.2 Å². The van der Waals surface area contributed by atoms with E-state index in [1.54, 1.807) is 11.7 Å². The molecule has 0 amide bonds. The van der Waals surface area contributed by atoms with Crippen LogP contribution in [0.1, 0.15) is 11.4 Å². The highest BCUT2D eigenvalue weighted by molar-refractivity contribution is 5.53. The van der Waals surface area contributed by atoms with Crippen molar-refractivity contribution in [3.63, 3.8) is 0 Å². The molecule has 3 aromatic rings. The van der Waals surface area contributed by atoms with Crippen LogP contribution in [-0.4, -0.2) is 31.7 Å². The lowest BCUT2D eigenvalue weighted by Gasteiger charge is -2.11. The lowest BCUT2D eigenvalue weighted by Crippen LogP contribution is -2.05. The second kappa shape index (κ2) is 5.96. The zero-order valence-corrected chi connectivity index (χ0v) is 13.1. The third kappa shape index (κ3) is 3.08. The zero-order chi connectivity index (χ0) is 16.4. The number of methoxy groups -OCH3 is 1. The molecule has 0 aliphatic carbocycles. The molecule has 1 aromatic carbocycles. The van der Waals surface area contributed by atoms with Crippen molar-refractivity contribution in [2.45, 2.75) is 13.8 Å². The van der Waals surface area contributed by atoms with Crippen molar-refractivity contribution < 1.29 is 9.84 Å². The summed E-state index contributed by atoms with van der Waals surface area (Å²) in [5.74, 6) is 1.61. The van der Waals surface area contributed by atoms with E-state index < -0.39 is 0 Å². The fraction of sp³-hybridized carbons (Fsp3) is 0.188. The molecule has 0 radical (unpaired) electrons. The lowest BCUT2D eigenvalue weighted by molar-refractivity contribution is 0.414. The van der Waals surface area contributed by atoms with Crippen LogP contribution in [0.15, 0.2) is 36.5 Å². The van der Waals surface area contributed by atoms with Crippen LogP contribution >= 0.6 is 0 Å². The molecular weight excluding hydrogens is 294 g/mol. The fourth-order valence-electron chi connectivity index (χ4n) is 2.30. The molecule has 0 saturated heterocycles. The molecule has 2 aromatic heterocycles. The van der Waals surface area contributed by atoms with Crippen LogP contribution in [-0.2, 0) is 0 Å². The maximum Gasteiger partial charge on any atom is 0.229 e. The van der Waals surface area contributed by atoms with Crippen molar-refractivity contribution in [2.75, 3.05) is 12.4 Å². The van der Waals surface area contributed by atoms with Crippen LogP contribution in [0.5, 0.6) is 11.6 Å². The van der Waals surface area contributed by atoms with Crippen LogP contribution in [0.3, 0.4) is 0 Å². The van der Waals surface area contributed by atoms with E-state index in [1.807, 2.05) is 44.2 Å². The van der Waals surface area contributed by atoms with Gasteiger partial charge in [-0.1, -0.05) is 0 Å². The number of rotatable bonds is 4. The average Bonchev–Trinajstić information content (AvgIpc) is 2.87. The molecule has 0 unspecified atom stereocenters. The molecule has 2 heterocycles. The topological polar surface area (TPSA) is 85.1 Å².